The van der Waals surface area contributed by atoms with Gasteiger partial charge >= 0.3 is 0 Å². The monoisotopic (exact) mass is 211 g/mol. The quantitative estimate of drug-likeness (QED) is 0.395. The molecule has 5 heteroatoms. The summed E-state index contributed by atoms with van der Waals surface area (Å²) in [5.41, 5.74) is 0. The summed E-state index contributed by atoms with van der Waals surface area (Å²) in [4.78, 5) is 4.84. The summed E-state index contributed by atoms with van der Waals surface area (Å²) >= 11 is 0. The van der Waals surface area contributed by atoms with E-state index in [0.29, 0.717) is 6.04 Å². The molecule has 0 N–H and O–H groups in total. The van der Waals surface area contributed by atoms with Gasteiger partial charge in [-0.05, 0) is 21.0 Å². The summed E-state index contributed by atoms with van der Waals surface area (Å²) in [6.45, 7) is 3.45. The first-order valence-electron chi connectivity index (χ1n) is 4.69. The fraction of sp³-hybridized carbons (Fsp3) is 0.800. The Bertz CT molecular complexity index is 240. The summed E-state index contributed by atoms with van der Waals surface area (Å²) in [6.07, 6.45) is 1.28. The number of nitriles is 1. The zero-order valence-electron chi connectivity index (χ0n) is 10.5. The highest BCUT2D eigenvalue weighted by Gasteiger charge is 2.14. The van der Waals surface area contributed by atoms with Crippen LogP contribution in [0.5, 0.6) is 0 Å². The third kappa shape index (κ3) is 15.5. The molecule has 1 unspecified atom stereocenters. The van der Waals surface area contributed by atoms with Crippen molar-refractivity contribution in [2.24, 2.45) is 4.99 Å². The lowest BCUT2D eigenvalue weighted by Gasteiger charge is -2.30. The molecule has 0 aromatic rings. The van der Waals surface area contributed by atoms with Crippen LogP contribution in [-0.4, -0.2) is 63.2 Å². The van der Waals surface area contributed by atoms with E-state index in [9.17, 15) is 0 Å². The van der Waals surface area contributed by atoms with Gasteiger partial charge in [-0.1, -0.05) is 0 Å². The minimum absolute atomic E-state index is 0.667. The lowest BCUT2D eigenvalue weighted by atomic mass is 10.3. The van der Waals surface area contributed by atoms with E-state index in [4.69, 9.17) is 10.7 Å². The van der Waals surface area contributed by atoms with Gasteiger partial charge in [-0.25, -0.2) is 0 Å². The average molecular weight is 211 g/mol. The molecule has 15 heavy (non-hydrogen) atoms. The van der Waals surface area contributed by atoms with Gasteiger partial charge in [0.25, 0.3) is 0 Å². The van der Waals surface area contributed by atoms with Crippen molar-refractivity contribution in [1.82, 2.24) is 4.90 Å². The molecular weight excluding hydrogens is 190 g/mol. The first-order valence-corrected chi connectivity index (χ1v) is 4.69. The van der Waals surface area contributed by atoms with Crippen molar-refractivity contribution in [3.63, 3.8) is 0 Å². The van der Waals surface area contributed by atoms with E-state index in [2.05, 4.69) is 52.1 Å². The predicted molar refractivity (Wildman–Crippen MR) is 62.5 cm³/mol. The van der Waals surface area contributed by atoms with Gasteiger partial charge in [0.2, 0.25) is 0 Å². The second kappa shape index (κ2) is 8.13. The van der Waals surface area contributed by atoms with Gasteiger partial charge in [-0.2, -0.15) is 5.26 Å². The van der Waals surface area contributed by atoms with Crippen molar-refractivity contribution >= 4 is 6.01 Å². The lowest BCUT2D eigenvalue weighted by Crippen LogP contribution is -2.45. The molecule has 0 aliphatic rings. The molecule has 0 bridgehead atoms. The molecule has 0 amide bonds. The number of likely N-dealkylation sites (N-methyl/N-ethyl adjacent to an activating group) is 2. The van der Waals surface area contributed by atoms with Gasteiger partial charge in [0.15, 0.2) is 0 Å². The molecule has 0 saturated heterocycles. The van der Waals surface area contributed by atoms with Crippen molar-refractivity contribution in [3.05, 3.63) is 5.41 Å². The number of nitrogens with zero attached hydrogens (tertiary/aromatic N) is 5. The van der Waals surface area contributed by atoms with Gasteiger partial charge in [0, 0.05) is 0 Å². The highest BCUT2D eigenvalue weighted by Crippen LogP contribution is 1.98. The maximum atomic E-state index is 7.43. The van der Waals surface area contributed by atoms with E-state index in [1.165, 1.54) is 18.7 Å². The second-order valence-electron chi connectivity index (χ2n) is 4.60. The zero-order valence-corrected chi connectivity index (χ0v) is 10.5. The van der Waals surface area contributed by atoms with E-state index in [1.807, 2.05) is 0 Å². The fourth-order valence-electron chi connectivity index (χ4n) is 0.978. The smallest absolute Gasteiger partial charge is 0.0935 e. The van der Waals surface area contributed by atoms with Crippen LogP contribution in [0.2, 0.25) is 0 Å². The second-order valence-corrected chi connectivity index (χ2v) is 4.60. The predicted octanol–water partition coefficient (Wildman–Crippen LogP) is 0.853. The van der Waals surface area contributed by atoms with Gasteiger partial charge in [-0.15, -0.1) is 6.01 Å². The normalized spacial score (nSPS) is 11.9. The molecule has 0 saturated carbocycles. The molecule has 0 fully saturated rings. The van der Waals surface area contributed by atoms with E-state index < -0.39 is 0 Å². The van der Waals surface area contributed by atoms with Crippen LogP contribution in [0.4, 0.5) is 0 Å². The van der Waals surface area contributed by atoms with E-state index in [1.54, 1.807) is 0 Å². The summed E-state index contributed by atoms with van der Waals surface area (Å²) in [5.74, 6) is 0. The van der Waals surface area contributed by atoms with Gasteiger partial charge in [-0.3, -0.25) is 0 Å². The number of hydrogen-bond acceptors (Lipinski definition) is 3. The minimum Gasteiger partial charge on any atom is -0.422 e. The molecule has 0 spiro atoms. The molecule has 0 aromatic carbocycles. The molecule has 0 aromatic heterocycles. The molecule has 0 heterocycles. The van der Waals surface area contributed by atoms with Crippen molar-refractivity contribution in [2.45, 2.75) is 13.0 Å². The third-order valence-electron chi connectivity index (χ3n) is 1.79. The Labute approximate surface area is 92.7 Å². The van der Waals surface area contributed by atoms with Crippen molar-refractivity contribution in [3.8, 4) is 6.19 Å². The standard InChI is InChI=1S/C8H21N2.C2N3/c1-8(9(2)3)7-10(4,5)6;3-1-5-2-4/h8H,7H2,1-6H3;/q+1;-1. The number of aliphatic imine (C=N–C) groups is 1. The molecule has 86 valence electrons. The van der Waals surface area contributed by atoms with Crippen LogP contribution in [0.1, 0.15) is 6.92 Å². The number of quaternary nitrogens is 1. The van der Waals surface area contributed by atoms with Crippen LogP contribution in [-0.2, 0) is 0 Å². The fourth-order valence-corrected chi connectivity index (χ4v) is 0.978. The van der Waals surface area contributed by atoms with Crippen LogP contribution in [0.3, 0.4) is 0 Å². The molecular formula is C10H21N5. The Morgan fingerprint density at radius 2 is 1.87 bits per heavy atom. The van der Waals surface area contributed by atoms with Crippen LogP contribution in [0.15, 0.2) is 4.99 Å². The van der Waals surface area contributed by atoms with Crippen molar-refractivity contribution in [1.29, 1.82) is 5.26 Å². The van der Waals surface area contributed by atoms with E-state index in [0.717, 1.165) is 4.48 Å². The molecule has 1 atom stereocenters. The van der Waals surface area contributed by atoms with Crippen molar-refractivity contribution < 1.29 is 4.48 Å². The Hall–Kier alpha value is -1.21. The maximum Gasteiger partial charge on any atom is 0.0935 e. The SMILES string of the molecule is CC(C[N+](C)(C)C)N(C)C.N#CN=C=[N-]. The third-order valence-corrected chi connectivity index (χ3v) is 1.79. The molecule has 0 aliphatic carbocycles. The van der Waals surface area contributed by atoms with Gasteiger partial charge in [0.05, 0.1) is 39.9 Å². The Kier molecular flexibility index (Phi) is 8.79. The van der Waals surface area contributed by atoms with Crippen LogP contribution in [0.25, 0.3) is 5.41 Å². The lowest BCUT2D eigenvalue weighted by molar-refractivity contribution is -0.872. The van der Waals surface area contributed by atoms with E-state index >= 15 is 0 Å². The summed E-state index contributed by atoms with van der Waals surface area (Å²) in [5, 5.41) is 14.9. The average Bonchev–Trinajstić information content (AvgIpc) is 2.03. The van der Waals surface area contributed by atoms with Crippen LogP contribution < -0.4 is 0 Å². The van der Waals surface area contributed by atoms with Crippen molar-refractivity contribution in [2.75, 3.05) is 41.8 Å². The summed E-state index contributed by atoms with van der Waals surface area (Å²) in [6, 6.07) is 1.95. The Morgan fingerprint density at radius 3 is 1.93 bits per heavy atom. The first-order chi connectivity index (χ1) is 6.74. The highest BCUT2D eigenvalue weighted by atomic mass is 15.3. The van der Waals surface area contributed by atoms with Crippen LogP contribution in [0, 0.1) is 11.5 Å². The Balaban J connectivity index is 0. The molecule has 0 aliphatic heterocycles. The summed E-state index contributed by atoms with van der Waals surface area (Å²) in [7, 11) is 10.9. The van der Waals surface area contributed by atoms with E-state index in [-0.39, 0.29) is 0 Å². The highest BCUT2D eigenvalue weighted by molar-refractivity contribution is 5.46. The minimum atomic E-state index is 0.667. The van der Waals surface area contributed by atoms with Gasteiger partial charge < -0.3 is 19.8 Å². The topological polar surface area (TPSA) is 61.7 Å². The zero-order chi connectivity index (χ0) is 12.5. The summed E-state index contributed by atoms with van der Waals surface area (Å²) < 4.78 is 1.04. The number of hydrogen-bond donors (Lipinski definition) is 0. The Morgan fingerprint density at radius 1 is 1.40 bits per heavy atom. The first kappa shape index (κ1) is 16.2. The molecule has 0 radical (unpaired) electrons. The maximum absolute atomic E-state index is 7.43. The number of rotatable bonds is 3. The molecule has 5 nitrogen and oxygen atoms in total. The van der Waals surface area contributed by atoms with Crippen LogP contribution >= 0.6 is 0 Å². The van der Waals surface area contributed by atoms with Gasteiger partial charge in [0.1, 0.15) is 0 Å². The largest absolute Gasteiger partial charge is 0.422 e. The molecule has 0 rings (SSSR count).